The van der Waals surface area contributed by atoms with Gasteiger partial charge in [0.05, 0.1) is 5.69 Å². The van der Waals surface area contributed by atoms with E-state index in [0.717, 1.165) is 12.8 Å². The predicted octanol–water partition coefficient (Wildman–Crippen LogP) is 1.71. The molecule has 1 unspecified atom stereocenters. The summed E-state index contributed by atoms with van der Waals surface area (Å²) in [5.41, 5.74) is -0.160. The first-order valence-electron chi connectivity index (χ1n) is 4.88. The van der Waals surface area contributed by atoms with Gasteiger partial charge in [0.15, 0.2) is 0 Å². The summed E-state index contributed by atoms with van der Waals surface area (Å²) in [5.74, 6) is -0.815. The van der Waals surface area contributed by atoms with Gasteiger partial charge in [0.2, 0.25) is 11.7 Å². The van der Waals surface area contributed by atoms with Crippen LogP contribution in [0.5, 0.6) is 0 Å². The zero-order valence-corrected chi connectivity index (χ0v) is 8.74. The number of nitrogens with zero attached hydrogens (tertiary/aromatic N) is 1. The number of hydrogen-bond acceptors (Lipinski definition) is 4. The first-order valence-corrected chi connectivity index (χ1v) is 4.88. The Bertz CT molecular complexity index is 390. The molecular weight excluding hydrogens is 198 g/mol. The van der Waals surface area contributed by atoms with Gasteiger partial charge in [0.25, 0.3) is 0 Å². The van der Waals surface area contributed by atoms with Gasteiger partial charge >= 0.3 is 5.97 Å². The van der Waals surface area contributed by atoms with Crippen LogP contribution in [0.25, 0.3) is 0 Å². The number of carboxylic acids is 1. The van der Waals surface area contributed by atoms with Crippen molar-refractivity contribution in [1.82, 2.24) is 4.98 Å². The number of aryl methyl sites for hydroxylation is 1. The maximum absolute atomic E-state index is 10.8. The van der Waals surface area contributed by atoms with E-state index in [-0.39, 0.29) is 5.76 Å². The van der Waals surface area contributed by atoms with E-state index in [1.807, 2.05) is 6.92 Å². The first kappa shape index (κ1) is 10.2. The van der Waals surface area contributed by atoms with Crippen LogP contribution < -0.4 is 0 Å². The zero-order chi connectivity index (χ0) is 11.1. The fraction of sp³-hybridized carbons (Fsp3) is 0.600. The Labute approximate surface area is 87.1 Å². The van der Waals surface area contributed by atoms with Crippen molar-refractivity contribution < 1.29 is 19.1 Å². The molecule has 1 aromatic rings. The molecule has 1 fully saturated rings. The van der Waals surface area contributed by atoms with Crippen LogP contribution in [0.3, 0.4) is 0 Å². The lowest BCUT2D eigenvalue weighted by Gasteiger charge is -2.17. The number of oxazole rings is 1. The topological polar surface area (TPSA) is 72.6 Å². The zero-order valence-electron chi connectivity index (χ0n) is 8.74. The van der Waals surface area contributed by atoms with Crippen LogP contribution in [0.4, 0.5) is 0 Å². The van der Waals surface area contributed by atoms with E-state index >= 15 is 0 Å². The summed E-state index contributed by atoms with van der Waals surface area (Å²) in [6.45, 7) is 4.16. The molecular formula is C10H13NO4. The lowest BCUT2D eigenvalue weighted by Crippen LogP contribution is -2.20. The van der Waals surface area contributed by atoms with Crippen molar-refractivity contribution in [2.45, 2.75) is 32.3 Å². The molecule has 82 valence electrons. The highest BCUT2D eigenvalue weighted by Gasteiger charge is 2.37. The SMILES string of the molecule is Cc1nc(C2(C)CCCO2)oc1C(=O)O. The summed E-state index contributed by atoms with van der Waals surface area (Å²) < 4.78 is 10.8. The van der Waals surface area contributed by atoms with E-state index in [9.17, 15) is 4.79 Å². The van der Waals surface area contributed by atoms with Gasteiger partial charge in [-0.15, -0.1) is 0 Å². The largest absolute Gasteiger partial charge is 0.475 e. The number of carbonyl (C=O) groups is 1. The minimum absolute atomic E-state index is 0.0956. The summed E-state index contributed by atoms with van der Waals surface area (Å²) in [6, 6.07) is 0. The van der Waals surface area contributed by atoms with Crippen LogP contribution in [0.1, 0.15) is 41.9 Å². The van der Waals surface area contributed by atoms with Crippen molar-refractivity contribution in [2.75, 3.05) is 6.61 Å². The second-order valence-corrected chi connectivity index (χ2v) is 3.92. The highest BCUT2D eigenvalue weighted by Crippen LogP contribution is 2.35. The maximum Gasteiger partial charge on any atom is 0.373 e. The molecule has 0 radical (unpaired) electrons. The Balaban J connectivity index is 2.37. The number of hydrogen-bond donors (Lipinski definition) is 1. The minimum Gasteiger partial charge on any atom is -0.475 e. The van der Waals surface area contributed by atoms with Crippen molar-refractivity contribution >= 4 is 5.97 Å². The molecule has 2 heterocycles. The predicted molar refractivity (Wildman–Crippen MR) is 50.7 cm³/mol. The smallest absolute Gasteiger partial charge is 0.373 e. The monoisotopic (exact) mass is 211 g/mol. The van der Waals surface area contributed by atoms with Crippen molar-refractivity contribution in [3.8, 4) is 0 Å². The maximum atomic E-state index is 10.8. The van der Waals surface area contributed by atoms with Crippen molar-refractivity contribution in [3.05, 3.63) is 17.3 Å². The van der Waals surface area contributed by atoms with Gasteiger partial charge in [-0.2, -0.15) is 0 Å². The molecule has 1 N–H and O–H groups in total. The summed E-state index contributed by atoms with van der Waals surface area (Å²) in [4.78, 5) is 14.9. The summed E-state index contributed by atoms with van der Waals surface area (Å²) in [6.07, 6.45) is 1.76. The Hall–Kier alpha value is -1.36. The molecule has 2 rings (SSSR count). The van der Waals surface area contributed by atoms with Crippen LogP contribution >= 0.6 is 0 Å². The van der Waals surface area contributed by atoms with E-state index in [4.69, 9.17) is 14.3 Å². The Kier molecular flexibility index (Phi) is 2.26. The molecule has 0 aromatic carbocycles. The van der Waals surface area contributed by atoms with Crippen LogP contribution in [0.2, 0.25) is 0 Å². The van der Waals surface area contributed by atoms with E-state index in [1.165, 1.54) is 0 Å². The number of aromatic carboxylic acids is 1. The summed E-state index contributed by atoms with van der Waals surface area (Å²) in [7, 11) is 0. The lowest BCUT2D eigenvalue weighted by molar-refractivity contribution is -0.00630. The molecule has 5 nitrogen and oxygen atoms in total. The molecule has 1 atom stereocenters. The van der Waals surface area contributed by atoms with Crippen molar-refractivity contribution in [2.24, 2.45) is 0 Å². The quantitative estimate of drug-likeness (QED) is 0.806. The van der Waals surface area contributed by atoms with Crippen molar-refractivity contribution in [1.29, 1.82) is 0 Å². The number of aromatic nitrogens is 1. The van der Waals surface area contributed by atoms with Crippen LogP contribution in [-0.2, 0) is 10.3 Å². The second-order valence-electron chi connectivity index (χ2n) is 3.92. The van der Waals surface area contributed by atoms with Gasteiger partial charge in [-0.25, -0.2) is 9.78 Å². The molecule has 0 saturated carbocycles. The Morgan fingerprint density at radius 3 is 2.80 bits per heavy atom. The van der Waals surface area contributed by atoms with Crippen LogP contribution in [0.15, 0.2) is 4.42 Å². The van der Waals surface area contributed by atoms with E-state index < -0.39 is 11.6 Å². The fourth-order valence-corrected chi connectivity index (χ4v) is 1.77. The molecule has 1 aliphatic heterocycles. The van der Waals surface area contributed by atoms with Gasteiger partial charge in [0, 0.05) is 6.61 Å². The number of rotatable bonds is 2. The first-order chi connectivity index (χ1) is 7.03. The Morgan fingerprint density at radius 2 is 2.33 bits per heavy atom. The minimum atomic E-state index is -1.09. The molecule has 5 heteroatoms. The van der Waals surface area contributed by atoms with Gasteiger partial charge in [0.1, 0.15) is 5.60 Å². The normalized spacial score (nSPS) is 25.7. The Morgan fingerprint density at radius 1 is 1.60 bits per heavy atom. The average Bonchev–Trinajstić information content (AvgIpc) is 2.72. The molecule has 0 amide bonds. The molecule has 1 saturated heterocycles. The van der Waals surface area contributed by atoms with Crippen molar-refractivity contribution in [3.63, 3.8) is 0 Å². The number of carboxylic acid groups (broad SMARTS) is 1. The molecule has 0 spiro atoms. The standard InChI is InChI=1S/C10H13NO4/c1-6-7(8(12)13)15-9(11-6)10(2)4-3-5-14-10/h3-5H2,1-2H3,(H,12,13). The molecule has 0 bridgehead atoms. The van der Waals surface area contributed by atoms with E-state index in [2.05, 4.69) is 4.98 Å². The summed E-state index contributed by atoms with van der Waals surface area (Å²) in [5, 5.41) is 8.83. The average molecular weight is 211 g/mol. The lowest BCUT2D eigenvalue weighted by atomic mass is 10.0. The molecule has 1 aliphatic rings. The van der Waals surface area contributed by atoms with Crippen LogP contribution in [-0.4, -0.2) is 22.7 Å². The third kappa shape index (κ3) is 1.63. The van der Waals surface area contributed by atoms with Gasteiger partial charge in [-0.1, -0.05) is 0 Å². The van der Waals surface area contributed by atoms with Gasteiger partial charge in [-0.3, -0.25) is 0 Å². The van der Waals surface area contributed by atoms with E-state index in [1.54, 1.807) is 6.92 Å². The fourth-order valence-electron chi connectivity index (χ4n) is 1.77. The van der Waals surface area contributed by atoms with E-state index in [0.29, 0.717) is 18.2 Å². The molecule has 1 aromatic heterocycles. The highest BCUT2D eigenvalue weighted by molar-refractivity contribution is 5.85. The third-order valence-corrected chi connectivity index (χ3v) is 2.66. The van der Waals surface area contributed by atoms with Gasteiger partial charge in [-0.05, 0) is 26.7 Å². The molecule has 0 aliphatic carbocycles. The van der Waals surface area contributed by atoms with Gasteiger partial charge < -0.3 is 14.3 Å². The highest BCUT2D eigenvalue weighted by atomic mass is 16.5. The third-order valence-electron chi connectivity index (χ3n) is 2.66. The molecule has 15 heavy (non-hydrogen) atoms. The number of ether oxygens (including phenoxy) is 1. The second kappa shape index (κ2) is 3.34. The summed E-state index contributed by atoms with van der Waals surface area (Å²) >= 11 is 0. The van der Waals surface area contributed by atoms with Crippen LogP contribution in [0, 0.1) is 6.92 Å².